The van der Waals surface area contributed by atoms with Crippen LogP contribution in [0.2, 0.25) is 0 Å². The molecule has 1 unspecified atom stereocenters. The Morgan fingerprint density at radius 2 is 2.30 bits per heavy atom. The van der Waals surface area contributed by atoms with Crippen LogP contribution in [0.25, 0.3) is 0 Å². The minimum Gasteiger partial charge on any atom is -0.376 e. The van der Waals surface area contributed by atoms with Crippen LogP contribution >= 0.6 is 15.9 Å². The summed E-state index contributed by atoms with van der Waals surface area (Å²) in [4.78, 5) is 14.6. The van der Waals surface area contributed by atoms with Crippen molar-refractivity contribution in [3.8, 4) is 0 Å². The number of hydrogen-bond acceptors (Lipinski definition) is 5. The second-order valence-corrected chi connectivity index (χ2v) is 6.52. The Labute approximate surface area is 125 Å². The van der Waals surface area contributed by atoms with E-state index in [1.54, 1.807) is 6.20 Å². The lowest BCUT2D eigenvalue weighted by Gasteiger charge is -2.48. The van der Waals surface area contributed by atoms with E-state index in [4.69, 9.17) is 0 Å². The molecule has 1 aliphatic heterocycles. The first-order chi connectivity index (χ1) is 9.60. The van der Waals surface area contributed by atoms with Gasteiger partial charge in [0, 0.05) is 17.8 Å². The topological polar surface area (TPSA) is 80.1 Å². The number of aromatic nitrogens is 1. The molecule has 0 amide bonds. The number of piperidine rings is 1. The first kappa shape index (κ1) is 13.8. The van der Waals surface area contributed by atoms with E-state index in [1.165, 1.54) is 25.5 Å². The first-order valence-corrected chi connectivity index (χ1v) is 7.68. The van der Waals surface area contributed by atoms with Gasteiger partial charge in [0.2, 0.25) is 0 Å². The van der Waals surface area contributed by atoms with Gasteiger partial charge in [0.25, 0.3) is 0 Å². The van der Waals surface area contributed by atoms with Gasteiger partial charge in [-0.3, -0.25) is 15.1 Å². The molecule has 1 saturated heterocycles. The van der Waals surface area contributed by atoms with E-state index < -0.39 is 0 Å². The Morgan fingerprint density at radius 3 is 2.95 bits per heavy atom. The van der Waals surface area contributed by atoms with Crippen molar-refractivity contribution in [3.05, 3.63) is 27.0 Å². The summed E-state index contributed by atoms with van der Waals surface area (Å²) in [6, 6.07) is 0.272. The molecule has 6 nitrogen and oxygen atoms in total. The fourth-order valence-corrected chi connectivity index (χ4v) is 3.61. The molecule has 2 N–H and O–H groups in total. The van der Waals surface area contributed by atoms with Crippen molar-refractivity contribution in [1.82, 2.24) is 10.3 Å². The molecule has 1 aromatic rings. The van der Waals surface area contributed by atoms with Crippen LogP contribution in [0.3, 0.4) is 0 Å². The lowest BCUT2D eigenvalue weighted by molar-refractivity contribution is -0.384. The molecule has 1 atom stereocenters. The molecular weight excluding hydrogens is 324 g/mol. The average molecular weight is 341 g/mol. The lowest BCUT2D eigenvalue weighted by Crippen LogP contribution is -2.58. The Bertz CT molecular complexity index is 533. The van der Waals surface area contributed by atoms with Crippen molar-refractivity contribution in [3.63, 3.8) is 0 Å². The van der Waals surface area contributed by atoms with Gasteiger partial charge in [0.1, 0.15) is 11.9 Å². The molecule has 7 heteroatoms. The summed E-state index contributed by atoms with van der Waals surface area (Å²) in [6.45, 7) is 0.966. The SMILES string of the molecule is O=[N+]([O-])c1cncc(Br)c1NC1CCNC2(CCC2)C1. The first-order valence-electron chi connectivity index (χ1n) is 6.89. The van der Waals surface area contributed by atoms with Crippen LogP contribution < -0.4 is 10.6 Å². The quantitative estimate of drug-likeness (QED) is 0.653. The third kappa shape index (κ3) is 2.52. The minimum atomic E-state index is -0.389. The van der Waals surface area contributed by atoms with Crippen molar-refractivity contribution >= 4 is 27.3 Å². The zero-order valence-electron chi connectivity index (χ0n) is 11.1. The van der Waals surface area contributed by atoms with Crippen LogP contribution in [-0.2, 0) is 0 Å². The summed E-state index contributed by atoms with van der Waals surface area (Å²) in [5.74, 6) is 0. The number of nitrogens with zero attached hydrogens (tertiary/aromatic N) is 2. The molecule has 1 aliphatic carbocycles. The lowest BCUT2D eigenvalue weighted by atomic mass is 9.70. The van der Waals surface area contributed by atoms with Crippen LogP contribution in [0.15, 0.2) is 16.9 Å². The van der Waals surface area contributed by atoms with Gasteiger partial charge in [-0.2, -0.15) is 0 Å². The van der Waals surface area contributed by atoms with Gasteiger partial charge in [-0.25, -0.2) is 0 Å². The minimum absolute atomic E-state index is 0.0283. The van der Waals surface area contributed by atoms with E-state index in [0.717, 1.165) is 19.4 Å². The predicted molar refractivity (Wildman–Crippen MR) is 79.8 cm³/mol. The molecule has 1 aromatic heterocycles. The third-order valence-corrected chi connectivity index (χ3v) is 4.97. The maximum atomic E-state index is 11.1. The average Bonchev–Trinajstić information content (AvgIpc) is 2.39. The number of pyridine rings is 1. The van der Waals surface area contributed by atoms with Crippen LogP contribution in [-0.4, -0.2) is 28.0 Å². The molecule has 0 radical (unpaired) electrons. The van der Waals surface area contributed by atoms with Gasteiger partial charge in [0.15, 0.2) is 0 Å². The maximum absolute atomic E-state index is 11.1. The zero-order chi connectivity index (χ0) is 14.2. The highest BCUT2D eigenvalue weighted by Gasteiger charge is 2.41. The van der Waals surface area contributed by atoms with E-state index >= 15 is 0 Å². The van der Waals surface area contributed by atoms with E-state index in [2.05, 4.69) is 31.5 Å². The van der Waals surface area contributed by atoms with Crippen molar-refractivity contribution in [1.29, 1.82) is 0 Å². The van der Waals surface area contributed by atoms with Gasteiger partial charge in [-0.15, -0.1) is 0 Å². The smallest absolute Gasteiger partial charge is 0.311 e. The van der Waals surface area contributed by atoms with Crippen LogP contribution in [0.5, 0.6) is 0 Å². The summed E-state index contributed by atoms with van der Waals surface area (Å²) in [5.41, 5.74) is 0.844. The second-order valence-electron chi connectivity index (χ2n) is 5.67. The van der Waals surface area contributed by atoms with Gasteiger partial charge < -0.3 is 10.6 Å². The van der Waals surface area contributed by atoms with Gasteiger partial charge >= 0.3 is 5.69 Å². The molecular formula is C13H17BrN4O2. The van der Waals surface area contributed by atoms with Crippen molar-refractivity contribution in [2.45, 2.75) is 43.7 Å². The molecule has 2 fully saturated rings. The molecule has 1 spiro atoms. The van der Waals surface area contributed by atoms with E-state index in [1.807, 2.05) is 0 Å². The Morgan fingerprint density at radius 1 is 1.50 bits per heavy atom. The molecule has 2 aliphatic rings. The van der Waals surface area contributed by atoms with Crippen molar-refractivity contribution < 1.29 is 4.92 Å². The normalized spacial score (nSPS) is 24.1. The number of rotatable bonds is 3. The number of anilines is 1. The fourth-order valence-electron chi connectivity index (χ4n) is 3.18. The highest BCUT2D eigenvalue weighted by molar-refractivity contribution is 9.10. The maximum Gasteiger partial charge on any atom is 0.311 e. The van der Waals surface area contributed by atoms with Crippen LogP contribution in [0, 0.1) is 10.1 Å². The zero-order valence-corrected chi connectivity index (χ0v) is 12.6. The van der Waals surface area contributed by atoms with Crippen molar-refractivity contribution in [2.24, 2.45) is 0 Å². The Balaban J connectivity index is 1.79. The Hall–Kier alpha value is -1.21. The summed E-state index contributed by atoms with van der Waals surface area (Å²) in [6.07, 6.45) is 8.60. The molecule has 1 saturated carbocycles. The molecule has 0 bridgehead atoms. The third-order valence-electron chi connectivity index (χ3n) is 4.37. The summed E-state index contributed by atoms with van der Waals surface area (Å²) in [7, 11) is 0. The largest absolute Gasteiger partial charge is 0.376 e. The Kier molecular flexibility index (Phi) is 3.64. The number of nitrogens with one attached hydrogen (secondary N) is 2. The molecule has 20 heavy (non-hydrogen) atoms. The van der Waals surface area contributed by atoms with E-state index in [0.29, 0.717) is 10.2 Å². The molecule has 3 rings (SSSR count). The molecule has 2 heterocycles. The predicted octanol–water partition coefficient (Wildman–Crippen LogP) is 2.84. The second kappa shape index (κ2) is 5.29. The van der Waals surface area contributed by atoms with Crippen LogP contribution in [0.4, 0.5) is 11.4 Å². The van der Waals surface area contributed by atoms with E-state index in [-0.39, 0.29) is 22.2 Å². The molecule has 0 aromatic carbocycles. The van der Waals surface area contributed by atoms with E-state index in [9.17, 15) is 10.1 Å². The van der Waals surface area contributed by atoms with Crippen molar-refractivity contribution in [2.75, 3.05) is 11.9 Å². The van der Waals surface area contributed by atoms with Gasteiger partial charge in [-0.1, -0.05) is 0 Å². The standard InChI is InChI=1S/C13H17BrN4O2/c14-10-7-15-8-11(18(19)20)12(10)17-9-2-5-16-13(6-9)3-1-4-13/h7-9,16H,1-6H2,(H,15,17). The highest BCUT2D eigenvalue weighted by atomic mass is 79.9. The highest BCUT2D eigenvalue weighted by Crippen LogP contribution is 2.40. The van der Waals surface area contributed by atoms with Gasteiger partial charge in [-0.05, 0) is 54.6 Å². The molecule has 108 valence electrons. The van der Waals surface area contributed by atoms with Crippen LogP contribution in [0.1, 0.15) is 32.1 Å². The summed E-state index contributed by atoms with van der Waals surface area (Å²) >= 11 is 3.36. The summed E-state index contributed by atoms with van der Waals surface area (Å²) < 4.78 is 0.646. The fraction of sp³-hybridized carbons (Fsp3) is 0.615. The van der Waals surface area contributed by atoms with Gasteiger partial charge in [0.05, 0.1) is 9.40 Å². The monoisotopic (exact) mass is 340 g/mol. The number of hydrogen-bond donors (Lipinski definition) is 2. The summed E-state index contributed by atoms with van der Waals surface area (Å²) in [5, 5.41) is 18.1. The number of halogens is 1. The number of nitro groups is 1.